The van der Waals surface area contributed by atoms with Gasteiger partial charge in [-0.15, -0.1) is 0 Å². The van der Waals surface area contributed by atoms with Crippen LogP contribution in [0.1, 0.15) is 20.3 Å². The minimum absolute atomic E-state index is 0.124. The quantitative estimate of drug-likeness (QED) is 0.812. The fourth-order valence-corrected chi connectivity index (χ4v) is 2.12. The Balaban J connectivity index is 2.98. The Morgan fingerprint density at radius 3 is 2.56 bits per heavy atom. The van der Waals surface area contributed by atoms with E-state index in [9.17, 15) is 8.42 Å². The van der Waals surface area contributed by atoms with Crippen molar-refractivity contribution in [2.75, 3.05) is 13.7 Å². The first-order chi connectivity index (χ1) is 8.32. The van der Waals surface area contributed by atoms with E-state index in [1.807, 2.05) is 13.8 Å². The number of benzene rings is 1. The monoisotopic (exact) mass is 272 g/mol. The molecule has 1 atom stereocenters. The number of ether oxygens (including phenoxy) is 1. The third-order valence-electron chi connectivity index (χ3n) is 2.77. The van der Waals surface area contributed by atoms with E-state index in [4.69, 9.17) is 10.5 Å². The number of nitrogens with two attached hydrogens (primary N) is 1. The highest BCUT2D eigenvalue weighted by atomic mass is 32.2. The summed E-state index contributed by atoms with van der Waals surface area (Å²) >= 11 is 0. The Hall–Kier alpha value is -1.11. The molecule has 0 amide bonds. The number of nitrogens with one attached hydrogen (secondary N) is 1. The van der Waals surface area contributed by atoms with Crippen LogP contribution >= 0.6 is 0 Å². The van der Waals surface area contributed by atoms with E-state index >= 15 is 0 Å². The second-order valence-electron chi connectivity index (χ2n) is 4.45. The lowest BCUT2D eigenvalue weighted by Gasteiger charge is -2.23. The van der Waals surface area contributed by atoms with Crippen LogP contribution in [0.3, 0.4) is 0 Å². The van der Waals surface area contributed by atoms with Gasteiger partial charge in [0.25, 0.3) is 0 Å². The maximum Gasteiger partial charge on any atom is 0.243 e. The number of hydrogen-bond donors (Lipinski definition) is 2. The molecule has 102 valence electrons. The molecule has 0 saturated heterocycles. The van der Waals surface area contributed by atoms with Crippen molar-refractivity contribution < 1.29 is 13.2 Å². The van der Waals surface area contributed by atoms with Crippen molar-refractivity contribution in [3.05, 3.63) is 24.3 Å². The summed E-state index contributed by atoms with van der Waals surface area (Å²) in [5.74, 6) is 0.317. The predicted molar refractivity (Wildman–Crippen MR) is 71.1 cm³/mol. The summed E-state index contributed by atoms with van der Waals surface area (Å²) in [4.78, 5) is 0.124. The molecule has 0 aliphatic rings. The SMILES string of the molecule is CCC(C)(N)COc1ccccc1S(=O)(=O)NC. The summed E-state index contributed by atoms with van der Waals surface area (Å²) in [5, 5.41) is 0. The smallest absolute Gasteiger partial charge is 0.243 e. The van der Waals surface area contributed by atoms with Gasteiger partial charge in [-0.25, -0.2) is 13.1 Å². The maximum absolute atomic E-state index is 11.8. The third kappa shape index (κ3) is 3.69. The first-order valence-corrected chi connectivity index (χ1v) is 7.25. The Morgan fingerprint density at radius 1 is 1.39 bits per heavy atom. The number of hydrogen-bond acceptors (Lipinski definition) is 4. The van der Waals surface area contributed by atoms with Crippen LogP contribution in [0.5, 0.6) is 5.75 Å². The van der Waals surface area contributed by atoms with E-state index in [0.29, 0.717) is 5.75 Å². The van der Waals surface area contributed by atoms with Gasteiger partial charge in [0.1, 0.15) is 17.3 Å². The molecule has 1 rings (SSSR count). The van der Waals surface area contributed by atoms with Crippen molar-refractivity contribution in [2.45, 2.75) is 30.7 Å². The second-order valence-corrected chi connectivity index (χ2v) is 6.31. The van der Waals surface area contributed by atoms with Crippen molar-refractivity contribution in [3.63, 3.8) is 0 Å². The van der Waals surface area contributed by atoms with Crippen LogP contribution in [0.2, 0.25) is 0 Å². The van der Waals surface area contributed by atoms with Crippen LogP contribution in [0.15, 0.2) is 29.2 Å². The van der Waals surface area contributed by atoms with Crippen molar-refractivity contribution in [1.29, 1.82) is 0 Å². The molecular weight excluding hydrogens is 252 g/mol. The molecule has 0 spiro atoms. The van der Waals surface area contributed by atoms with E-state index in [1.165, 1.54) is 13.1 Å². The minimum atomic E-state index is -3.52. The lowest BCUT2D eigenvalue weighted by atomic mass is 10.0. The molecule has 0 aromatic heterocycles. The summed E-state index contributed by atoms with van der Waals surface area (Å²) in [6.07, 6.45) is 0.744. The van der Waals surface area contributed by atoms with E-state index in [-0.39, 0.29) is 11.5 Å². The van der Waals surface area contributed by atoms with Crippen LogP contribution in [-0.4, -0.2) is 27.6 Å². The van der Waals surface area contributed by atoms with Crippen molar-refractivity contribution >= 4 is 10.0 Å². The Kier molecular flexibility index (Phi) is 4.72. The van der Waals surface area contributed by atoms with E-state index < -0.39 is 15.6 Å². The molecule has 0 fully saturated rings. The Labute approximate surface area is 108 Å². The van der Waals surface area contributed by atoms with Crippen LogP contribution in [-0.2, 0) is 10.0 Å². The zero-order chi connectivity index (χ0) is 13.8. The maximum atomic E-state index is 11.8. The van der Waals surface area contributed by atoms with Gasteiger partial charge >= 0.3 is 0 Å². The molecule has 0 aliphatic carbocycles. The summed E-state index contributed by atoms with van der Waals surface area (Å²) < 4.78 is 31.4. The fourth-order valence-electron chi connectivity index (χ4n) is 1.25. The standard InChI is InChI=1S/C12H20N2O3S/c1-4-12(2,13)9-17-10-7-5-6-8-11(10)18(15,16)14-3/h5-8,14H,4,9,13H2,1-3H3. The fraction of sp³-hybridized carbons (Fsp3) is 0.500. The van der Waals surface area contributed by atoms with E-state index in [1.54, 1.807) is 18.2 Å². The van der Waals surface area contributed by atoms with E-state index in [2.05, 4.69) is 4.72 Å². The van der Waals surface area contributed by atoms with Gasteiger partial charge in [-0.2, -0.15) is 0 Å². The molecule has 18 heavy (non-hydrogen) atoms. The van der Waals surface area contributed by atoms with Gasteiger partial charge < -0.3 is 10.5 Å². The number of sulfonamides is 1. The summed E-state index contributed by atoms with van der Waals surface area (Å²) in [6, 6.07) is 6.50. The Bertz CT molecular complexity index is 498. The first-order valence-electron chi connectivity index (χ1n) is 5.76. The lowest BCUT2D eigenvalue weighted by Crippen LogP contribution is -2.41. The summed E-state index contributed by atoms with van der Waals surface area (Å²) in [5.41, 5.74) is 5.49. The molecule has 6 heteroatoms. The van der Waals surface area contributed by atoms with E-state index in [0.717, 1.165) is 6.42 Å². The second kappa shape index (κ2) is 5.69. The molecule has 0 bridgehead atoms. The van der Waals surface area contributed by atoms with Crippen LogP contribution in [0, 0.1) is 0 Å². The molecule has 1 aromatic rings. The molecule has 5 nitrogen and oxygen atoms in total. The minimum Gasteiger partial charge on any atom is -0.490 e. The summed E-state index contributed by atoms with van der Waals surface area (Å²) in [7, 11) is -2.15. The van der Waals surface area contributed by atoms with Crippen molar-refractivity contribution in [1.82, 2.24) is 4.72 Å². The number of para-hydroxylation sites is 1. The zero-order valence-electron chi connectivity index (χ0n) is 10.9. The van der Waals surface area contributed by atoms with Gasteiger partial charge in [-0.3, -0.25) is 0 Å². The predicted octanol–water partition coefficient (Wildman–Crippen LogP) is 1.10. The summed E-state index contributed by atoms with van der Waals surface area (Å²) in [6.45, 7) is 4.08. The normalized spacial score (nSPS) is 15.1. The molecule has 0 aliphatic heterocycles. The molecule has 1 aromatic carbocycles. The van der Waals surface area contributed by atoms with Crippen molar-refractivity contribution in [3.8, 4) is 5.75 Å². The van der Waals surface area contributed by atoms with Gasteiger partial charge in [-0.05, 0) is 32.5 Å². The molecule has 1 unspecified atom stereocenters. The number of rotatable bonds is 6. The highest BCUT2D eigenvalue weighted by molar-refractivity contribution is 7.89. The van der Waals surface area contributed by atoms with Crippen LogP contribution in [0.4, 0.5) is 0 Å². The molecule has 0 saturated carbocycles. The van der Waals surface area contributed by atoms with Gasteiger partial charge in [0, 0.05) is 5.54 Å². The lowest BCUT2D eigenvalue weighted by molar-refractivity contribution is 0.221. The highest BCUT2D eigenvalue weighted by Crippen LogP contribution is 2.23. The topological polar surface area (TPSA) is 81.4 Å². The van der Waals surface area contributed by atoms with Crippen LogP contribution in [0.25, 0.3) is 0 Å². The zero-order valence-corrected chi connectivity index (χ0v) is 11.8. The largest absolute Gasteiger partial charge is 0.490 e. The van der Waals surface area contributed by atoms with Gasteiger partial charge in [0.2, 0.25) is 10.0 Å². The third-order valence-corrected chi connectivity index (χ3v) is 4.23. The first kappa shape index (κ1) is 14.9. The van der Waals surface area contributed by atoms with Crippen LogP contribution < -0.4 is 15.2 Å². The molecule has 3 N–H and O–H groups in total. The highest BCUT2D eigenvalue weighted by Gasteiger charge is 2.21. The molecular formula is C12H20N2O3S. The Morgan fingerprint density at radius 2 is 2.00 bits per heavy atom. The average molecular weight is 272 g/mol. The van der Waals surface area contributed by atoms with Gasteiger partial charge in [0.15, 0.2) is 0 Å². The van der Waals surface area contributed by atoms with Gasteiger partial charge in [0.05, 0.1) is 0 Å². The molecule has 0 radical (unpaired) electrons. The average Bonchev–Trinajstić information content (AvgIpc) is 2.37. The van der Waals surface area contributed by atoms with Gasteiger partial charge in [-0.1, -0.05) is 19.1 Å². The van der Waals surface area contributed by atoms with Crippen molar-refractivity contribution in [2.24, 2.45) is 5.73 Å². The molecule has 0 heterocycles.